The van der Waals surface area contributed by atoms with E-state index >= 15 is 0 Å². The van der Waals surface area contributed by atoms with Gasteiger partial charge in [-0.25, -0.2) is 8.42 Å². The highest BCUT2D eigenvalue weighted by molar-refractivity contribution is 7.92. The third-order valence-corrected chi connectivity index (χ3v) is 4.82. The van der Waals surface area contributed by atoms with Gasteiger partial charge in [0.25, 0.3) is 0 Å². The molecule has 16 heavy (non-hydrogen) atoms. The van der Waals surface area contributed by atoms with Gasteiger partial charge in [0.15, 0.2) is 9.84 Å². The van der Waals surface area contributed by atoms with E-state index < -0.39 is 27.0 Å². The first-order chi connectivity index (χ1) is 7.35. The molecule has 0 aromatic rings. The smallest absolute Gasteiger partial charge is 0.235 e. The van der Waals surface area contributed by atoms with Gasteiger partial charge < -0.3 is 11.5 Å². The van der Waals surface area contributed by atoms with Crippen LogP contribution in [0.1, 0.15) is 39.5 Å². The molecule has 0 saturated carbocycles. The lowest BCUT2D eigenvalue weighted by molar-refractivity contribution is -0.118. The summed E-state index contributed by atoms with van der Waals surface area (Å²) in [6.07, 6.45) is 2.83. The van der Waals surface area contributed by atoms with Crippen LogP contribution in [0, 0.1) is 0 Å². The van der Waals surface area contributed by atoms with Gasteiger partial charge in [-0.05, 0) is 12.8 Å². The van der Waals surface area contributed by atoms with Crippen molar-refractivity contribution in [1.29, 1.82) is 0 Å². The minimum absolute atomic E-state index is 0.340. The van der Waals surface area contributed by atoms with Crippen LogP contribution >= 0.6 is 0 Å². The van der Waals surface area contributed by atoms with Crippen molar-refractivity contribution in [2.75, 3.05) is 5.75 Å². The van der Waals surface area contributed by atoms with E-state index in [1.807, 2.05) is 13.8 Å². The Morgan fingerprint density at radius 1 is 1.19 bits per heavy atom. The largest absolute Gasteiger partial charge is 0.368 e. The Morgan fingerprint density at radius 3 is 1.94 bits per heavy atom. The normalized spacial score (nSPS) is 14.0. The number of carbonyl (C=O) groups is 1. The van der Waals surface area contributed by atoms with Crippen molar-refractivity contribution in [3.8, 4) is 0 Å². The number of sulfone groups is 1. The van der Waals surface area contributed by atoms with Crippen LogP contribution in [-0.4, -0.2) is 31.4 Å². The standard InChI is InChI=1S/C10H22N2O3S/c1-3-5-8(6-4-2)16(14,15)7-9(11)10(12)13/h8-9H,3-7,11H2,1-2H3,(H2,12,13). The number of amides is 1. The van der Waals surface area contributed by atoms with E-state index in [1.54, 1.807) is 0 Å². The molecule has 0 rings (SSSR count). The SMILES string of the molecule is CCCC(CCC)S(=O)(=O)CC(N)C(N)=O. The highest BCUT2D eigenvalue weighted by Crippen LogP contribution is 2.16. The first kappa shape index (κ1) is 15.4. The Balaban J connectivity index is 4.65. The number of primary amides is 1. The predicted octanol–water partition coefficient (Wildman–Crippen LogP) is 0.183. The first-order valence-corrected chi connectivity index (χ1v) is 7.33. The fraction of sp³-hybridized carbons (Fsp3) is 0.900. The minimum Gasteiger partial charge on any atom is -0.368 e. The third kappa shape index (κ3) is 4.94. The van der Waals surface area contributed by atoms with Gasteiger partial charge in [0, 0.05) is 0 Å². The monoisotopic (exact) mass is 250 g/mol. The van der Waals surface area contributed by atoms with Crippen molar-refractivity contribution < 1.29 is 13.2 Å². The summed E-state index contributed by atoms with van der Waals surface area (Å²) in [6, 6.07) is -1.10. The molecule has 0 heterocycles. The molecule has 4 N–H and O–H groups in total. The lowest BCUT2D eigenvalue weighted by Crippen LogP contribution is -2.44. The van der Waals surface area contributed by atoms with E-state index in [0.29, 0.717) is 12.8 Å². The number of carbonyl (C=O) groups excluding carboxylic acids is 1. The third-order valence-electron chi connectivity index (χ3n) is 2.51. The maximum Gasteiger partial charge on any atom is 0.235 e. The summed E-state index contributed by atoms with van der Waals surface area (Å²) < 4.78 is 23.9. The van der Waals surface area contributed by atoms with Crippen LogP contribution in [0.15, 0.2) is 0 Å². The second-order valence-electron chi connectivity index (χ2n) is 4.04. The van der Waals surface area contributed by atoms with Crippen molar-refractivity contribution in [2.45, 2.75) is 50.8 Å². The summed E-state index contributed by atoms with van der Waals surface area (Å²) in [4.78, 5) is 10.7. The molecule has 0 aliphatic carbocycles. The van der Waals surface area contributed by atoms with Crippen LogP contribution < -0.4 is 11.5 Å². The topological polar surface area (TPSA) is 103 Å². The molecule has 96 valence electrons. The van der Waals surface area contributed by atoms with E-state index in [9.17, 15) is 13.2 Å². The number of hydrogen-bond donors (Lipinski definition) is 2. The van der Waals surface area contributed by atoms with Crippen LogP contribution in [-0.2, 0) is 14.6 Å². The van der Waals surface area contributed by atoms with Crippen molar-refractivity contribution in [1.82, 2.24) is 0 Å². The zero-order chi connectivity index (χ0) is 12.8. The molecular formula is C10H22N2O3S. The number of rotatable bonds is 8. The highest BCUT2D eigenvalue weighted by Gasteiger charge is 2.27. The summed E-state index contributed by atoms with van der Waals surface area (Å²) in [5, 5.41) is -0.395. The van der Waals surface area contributed by atoms with Crippen LogP contribution in [0.3, 0.4) is 0 Å². The van der Waals surface area contributed by atoms with Gasteiger partial charge in [0.05, 0.1) is 17.0 Å². The molecule has 1 atom stereocenters. The zero-order valence-corrected chi connectivity index (χ0v) is 10.8. The maximum atomic E-state index is 11.9. The van der Waals surface area contributed by atoms with Crippen LogP contribution in [0.25, 0.3) is 0 Å². The van der Waals surface area contributed by atoms with Gasteiger partial charge in [-0.3, -0.25) is 4.79 Å². The van der Waals surface area contributed by atoms with E-state index in [-0.39, 0.29) is 5.75 Å². The van der Waals surface area contributed by atoms with Crippen molar-refractivity contribution in [3.63, 3.8) is 0 Å². The van der Waals surface area contributed by atoms with Crippen molar-refractivity contribution in [2.24, 2.45) is 11.5 Å². The Kier molecular flexibility index (Phi) is 6.59. The van der Waals surface area contributed by atoms with Gasteiger partial charge in [0.1, 0.15) is 0 Å². The minimum atomic E-state index is -3.32. The second-order valence-corrected chi connectivity index (χ2v) is 6.36. The molecule has 5 nitrogen and oxygen atoms in total. The van der Waals surface area contributed by atoms with Crippen LogP contribution in [0.4, 0.5) is 0 Å². The molecule has 6 heteroatoms. The van der Waals surface area contributed by atoms with Gasteiger partial charge >= 0.3 is 0 Å². The molecule has 0 aromatic carbocycles. The molecule has 0 aliphatic heterocycles. The summed E-state index contributed by atoms with van der Waals surface area (Å²) in [5.74, 6) is -1.11. The molecule has 0 spiro atoms. The summed E-state index contributed by atoms with van der Waals surface area (Å²) >= 11 is 0. The Labute approximate surface area is 97.5 Å². The molecule has 0 radical (unpaired) electrons. The predicted molar refractivity (Wildman–Crippen MR) is 64.6 cm³/mol. The van der Waals surface area contributed by atoms with E-state index in [0.717, 1.165) is 12.8 Å². The number of hydrogen-bond acceptors (Lipinski definition) is 4. The van der Waals surface area contributed by atoms with Gasteiger partial charge in [-0.15, -0.1) is 0 Å². The summed E-state index contributed by atoms with van der Waals surface area (Å²) in [7, 11) is -3.32. The second kappa shape index (κ2) is 6.85. The average molecular weight is 250 g/mol. The zero-order valence-electron chi connectivity index (χ0n) is 9.98. The Hall–Kier alpha value is -0.620. The quantitative estimate of drug-likeness (QED) is 0.641. The molecular weight excluding hydrogens is 228 g/mol. The van der Waals surface area contributed by atoms with Crippen LogP contribution in [0.5, 0.6) is 0 Å². The lowest BCUT2D eigenvalue weighted by atomic mass is 10.2. The molecule has 0 bridgehead atoms. The molecule has 0 fully saturated rings. The van der Waals surface area contributed by atoms with E-state index in [2.05, 4.69) is 0 Å². The highest BCUT2D eigenvalue weighted by atomic mass is 32.2. The van der Waals surface area contributed by atoms with Crippen molar-refractivity contribution in [3.05, 3.63) is 0 Å². The fourth-order valence-electron chi connectivity index (χ4n) is 1.62. The fourth-order valence-corrected chi connectivity index (χ4v) is 3.74. The van der Waals surface area contributed by atoms with Gasteiger partial charge in [0.2, 0.25) is 5.91 Å². The first-order valence-electron chi connectivity index (χ1n) is 5.61. The van der Waals surface area contributed by atoms with Gasteiger partial charge in [-0.2, -0.15) is 0 Å². The van der Waals surface area contributed by atoms with E-state index in [1.165, 1.54) is 0 Å². The Morgan fingerprint density at radius 2 is 1.62 bits per heavy atom. The average Bonchev–Trinajstić information content (AvgIpc) is 2.16. The van der Waals surface area contributed by atoms with E-state index in [4.69, 9.17) is 11.5 Å². The van der Waals surface area contributed by atoms with Gasteiger partial charge in [-0.1, -0.05) is 26.7 Å². The molecule has 1 unspecified atom stereocenters. The molecule has 0 saturated heterocycles. The summed E-state index contributed by atoms with van der Waals surface area (Å²) in [5.41, 5.74) is 10.3. The van der Waals surface area contributed by atoms with Crippen LogP contribution in [0.2, 0.25) is 0 Å². The lowest BCUT2D eigenvalue weighted by Gasteiger charge is -2.17. The maximum absolute atomic E-state index is 11.9. The number of nitrogens with two attached hydrogens (primary N) is 2. The van der Waals surface area contributed by atoms with Crippen molar-refractivity contribution >= 4 is 15.7 Å². The molecule has 0 aromatic heterocycles. The summed E-state index contributed by atoms with van der Waals surface area (Å²) in [6.45, 7) is 3.87. The molecule has 1 amide bonds. The molecule has 0 aliphatic rings. The Bertz CT molecular complexity index is 308.